The topological polar surface area (TPSA) is 76.4 Å². The van der Waals surface area contributed by atoms with E-state index in [1.54, 1.807) is 6.33 Å². The molecular weight excluding hydrogens is 328 g/mol. The summed E-state index contributed by atoms with van der Waals surface area (Å²) in [5.41, 5.74) is 0. The average molecular weight is 363 g/mol. The second kappa shape index (κ2) is 9.90. The number of aliphatic imine (C=N–C) groups is 1. The lowest BCUT2D eigenvalue weighted by Gasteiger charge is -2.28. The van der Waals surface area contributed by atoms with Crippen LogP contribution in [0.2, 0.25) is 0 Å². The highest BCUT2D eigenvalue weighted by Crippen LogP contribution is 2.18. The minimum absolute atomic E-state index is 0.272. The molecule has 1 aliphatic carbocycles. The first-order chi connectivity index (χ1) is 12.8. The molecule has 7 heteroatoms. The van der Waals surface area contributed by atoms with Gasteiger partial charge in [0.15, 0.2) is 5.96 Å². The smallest absolute Gasteiger partial charge is 0.191 e. The van der Waals surface area contributed by atoms with E-state index in [2.05, 4.69) is 39.2 Å². The lowest BCUT2D eigenvalue weighted by molar-refractivity contribution is 0.0889. The quantitative estimate of drug-likeness (QED) is 0.575. The molecule has 1 saturated carbocycles. The molecule has 1 aromatic rings. The molecule has 0 spiro atoms. The van der Waals surface area contributed by atoms with E-state index in [9.17, 15) is 0 Å². The Morgan fingerprint density at radius 3 is 2.88 bits per heavy atom. The Labute approximate surface area is 157 Å². The summed E-state index contributed by atoms with van der Waals surface area (Å²) in [6, 6.07) is 0.807. The number of hydrogen-bond donors (Lipinski definition) is 2. The van der Waals surface area contributed by atoms with Gasteiger partial charge in [0.05, 0.1) is 18.7 Å². The normalized spacial score (nSPS) is 23.2. The van der Waals surface area contributed by atoms with Gasteiger partial charge in [-0.15, -0.1) is 10.2 Å². The Hall–Kier alpha value is -1.63. The molecule has 2 unspecified atom stereocenters. The minimum Gasteiger partial charge on any atom is -0.376 e. The highest BCUT2D eigenvalue weighted by atomic mass is 16.5. The average Bonchev–Trinajstić information content (AvgIpc) is 3.34. The van der Waals surface area contributed by atoms with E-state index in [4.69, 9.17) is 9.73 Å². The zero-order valence-corrected chi connectivity index (χ0v) is 16.3. The molecule has 2 heterocycles. The Bertz CT molecular complexity index is 560. The zero-order chi connectivity index (χ0) is 18.2. The zero-order valence-electron chi connectivity index (χ0n) is 16.3. The second-order valence-corrected chi connectivity index (χ2v) is 7.49. The Kier molecular flexibility index (Phi) is 7.29. The van der Waals surface area contributed by atoms with Gasteiger partial charge in [-0.05, 0) is 32.6 Å². The molecule has 0 bridgehead atoms. The number of nitrogens with zero attached hydrogens (tertiary/aromatic N) is 4. The SMILES string of the molecule is CCc1nncn1CCN=C(NC1CCCCC1)NC(C)C1CCCO1. The fraction of sp³-hybridized carbons (Fsp3) is 0.842. The van der Waals surface area contributed by atoms with Crippen molar-refractivity contribution in [3.05, 3.63) is 12.2 Å². The number of aromatic nitrogens is 3. The van der Waals surface area contributed by atoms with E-state index in [1.807, 2.05) is 0 Å². The predicted octanol–water partition coefficient (Wildman–Crippen LogP) is 2.28. The lowest BCUT2D eigenvalue weighted by atomic mass is 9.96. The van der Waals surface area contributed by atoms with Gasteiger partial charge in [-0.2, -0.15) is 0 Å². The van der Waals surface area contributed by atoms with Crippen molar-refractivity contribution in [2.75, 3.05) is 13.2 Å². The number of rotatable bonds is 7. The minimum atomic E-state index is 0.272. The molecule has 2 fully saturated rings. The molecule has 1 saturated heterocycles. The molecule has 7 nitrogen and oxygen atoms in total. The Morgan fingerprint density at radius 2 is 2.15 bits per heavy atom. The first-order valence-corrected chi connectivity index (χ1v) is 10.3. The molecule has 2 aliphatic rings. The number of guanidine groups is 1. The molecular formula is C19H34N6O. The summed E-state index contributed by atoms with van der Waals surface area (Å²) in [6.45, 7) is 6.70. The van der Waals surface area contributed by atoms with Gasteiger partial charge in [-0.1, -0.05) is 26.2 Å². The summed E-state index contributed by atoms with van der Waals surface area (Å²) >= 11 is 0. The van der Waals surface area contributed by atoms with E-state index in [-0.39, 0.29) is 12.1 Å². The van der Waals surface area contributed by atoms with Crippen molar-refractivity contribution in [2.45, 2.75) is 89.9 Å². The number of aryl methyl sites for hydroxylation is 1. The maximum absolute atomic E-state index is 5.83. The van der Waals surface area contributed by atoms with Gasteiger partial charge in [0, 0.05) is 25.6 Å². The molecule has 146 valence electrons. The first kappa shape index (κ1) is 19.1. The number of hydrogen-bond acceptors (Lipinski definition) is 4. The summed E-state index contributed by atoms with van der Waals surface area (Å²) < 4.78 is 7.92. The summed E-state index contributed by atoms with van der Waals surface area (Å²) in [5, 5.41) is 15.4. The summed E-state index contributed by atoms with van der Waals surface area (Å²) in [7, 11) is 0. The fourth-order valence-electron chi connectivity index (χ4n) is 3.89. The third kappa shape index (κ3) is 5.43. The van der Waals surface area contributed by atoms with Gasteiger partial charge >= 0.3 is 0 Å². The van der Waals surface area contributed by atoms with E-state index >= 15 is 0 Å². The van der Waals surface area contributed by atoms with Crippen molar-refractivity contribution in [3.8, 4) is 0 Å². The first-order valence-electron chi connectivity index (χ1n) is 10.3. The molecule has 26 heavy (non-hydrogen) atoms. The molecule has 1 aromatic heterocycles. The molecule has 2 atom stereocenters. The molecule has 1 aliphatic heterocycles. The molecule has 2 N–H and O–H groups in total. The monoisotopic (exact) mass is 362 g/mol. The van der Waals surface area contributed by atoms with E-state index < -0.39 is 0 Å². The van der Waals surface area contributed by atoms with Gasteiger partial charge in [0.25, 0.3) is 0 Å². The van der Waals surface area contributed by atoms with Gasteiger partial charge in [0.1, 0.15) is 12.2 Å². The molecule has 0 radical (unpaired) electrons. The molecule has 0 aromatic carbocycles. The van der Waals surface area contributed by atoms with Crippen LogP contribution in [0, 0.1) is 0 Å². The fourth-order valence-corrected chi connectivity index (χ4v) is 3.89. The third-order valence-electron chi connectivity index (χ3n) is 5.46. The van der Waals surface area contributed by atoms with E-state index in [0.29, 0.717) is 12.6 Å². The van der Waals surface area contributed by atoms with Crippen molar-refractivity contribution in [2.24, 2.45) is 4.99 Å². The lowest BCUT2D eigenvalue weighted by Crippen LogP contribution is -2.50. The standard InChI is InChI=1S/C19H34N6O/c1-3-18-24-21-14-25(18)12-11-20-19(23-16-8-5-4-6-9-16)22-15(2)17-10-7-13-26-17/h14-17H,3-13H2,1-2H3,(H2,20,22,23). The van der Waals surface area contributed by atoms with Gasteiger partial charge < -0.3 is 19.9 Å². The van der Waals surface area contributed by atoms with Crippen molar-refractivity contribution in [1.29, 1.82) is 0 Å². The van der Waals surface area contributed by atoms with Crippen LogP contribution in [0.25, 0.3) is 0 Å². The Morgan fingerprint density at radius 1 is 1.31 bits per heavy atom. The summed E-state index contributed by atoms with van der Waals surface area (Å²) in [4.78, 5) is 4.84. The highest BCUT2D eigenvalue weighted by molar-refractivity contribution is 5.80. The van der Waals surface area contributed by atoms with Crippen LogP contribution in [0.4, 0.5) is 0 Å². The third-order valence-corrected chi connectivity index (χ3v) is 5.46. The number of ether oxygens (including phenoxy) is 1. The summed E-state index contributed by atoms with van der Waals surface area (Å²) in [5.74, 6) is 1.94. The van der Waals surface area contributed by atoms with Crippen LogP contribution in [0.1, 0.15) is 64.6 Å². The molecule has 3 rings (SSSR count). The van der Waals surface area contributed by atoms with Gasteiger partial charge in [-0.25, -0.2) is 0 Å². The summed E-state index contributed by atoms with van der Waals surface area (Å²) in [6.07, 6.45) is 11.7. The van der Waals surface area contributed by atoms with E-state index in [1.165, 1.54) is 32.1 Å². The predicted molar refractivity (Wildman–Crippen MR) is 103 cm³/mol. The van der Waals surface area contributed by atoms with Crippen LogP contribution in [0.15, 0.2) is 11.3 Å². The maximum Gasteiger partial charge on any atom is 0.191 e. The number of nitrogens with one attached hydrogen (secondary N) is 2. The van der Waals surface area contributed by atoms with Crippen LogP contribution < -0.4 is 10.6 Å². The van der Waals surface area contributed by atoms with Crippen LogP contribution in [0.3, 0.4) is 0 Å². The van der Waals surface area contributed by atoms with Crippen LogP contribution in [-0.4, -0.2) is 52.1 Å². The van der Waals surface area contributed by atoms with Crippen LogP contribution in [0.5, 0.6) is 0 Å². The van der Waals surface area contributed by atoms with Crippen molar-refractivity contribution in [3.63, 3.8) is 0 Å². The van der Waals surface area contributed by atoms with Crippen molar-refractivity contribution in [1.82, 2.24) is 25.4 Å². The van der Waals surface area contributed by atoms with Crippen LogP contribution >= 0.6 is 0 Å². The van der Waals surface area contributed by atoms with Gasteiger partial charge in [0.2, 0.25) is 0 Å². The Balaban J connectivity index is 1.58. The highest BCUT2D eigenvalue weighted by Gasteiger charge is 2.24. The van der Waals surface area contributed by atoms with E-state index in [0.717, 1.165) is 44.2 Å². The van der Waals surface area contributed by atoms with Crippen molar-refractivity contribution >= 4 is 5.96 Å². The molecule has 0 amide bonds. The largest absolute Gasteiger partial charge is 0.376 e. The maximum atomic E-state index is 5.83. The van der Waals surface area contributed by atoms with Crippen LogP contribution in [-0.2, 0) is 17.7 Å². The second-order valence-electron chi connectivity index (χ2n) is 7.49. The van der Waals surface area contributed by atoms with Gasteiger partial charge in [-0.3, -0.25) is 4.99 Å². The van der Waals surface area contributed by atoms with Crippen molar-refractivity contribution < 1.29 is 4.74 Å².